The number of nitrogens with two attached hydrogens (primary N) is 2. The fourth-order valence-electron chi connectivity index (χ4n) is 3.04. The molecule has 0 saturated carbocycles. The maximum Gasteiger partial charge on any atom is 0.343 e. The Bertz CT molecular complexity index is 237. The van der Waals surface area contributed by atoms with Crippen LogP contribution in [0, 0.1) is 0 Å². The molecule has 0 rings (SSSR count). The molecule has 0 aromatic carbocycles. The highest BCUT2D eigenvalue weighted by molar-refractivity contribution is 6.70. The lowest BCUT2D eigenvalue weighted by molar-refractivity contribution is 0.147. The molecule has 0 aromatic heterocycles. The van der Waals surface area contributed by atoms with Crippen molar-refractivity contribution in [3.8, 4) is 0 Å². The topological polar surface area (TPSA) is 70.5 Å². The van der Waals surface area contributed by atoms with Crippen molar-refractivity contribution in [3.63, 3.8) is 0 Å². The third-order valence-corrected chi connectivity index (χ3v) is 8.99. The molecule has 0 heterocycles. The van der Waals surface area contributed by atoms with Crippen LogP contribution in [0.1, 0.15) is 79.1 Å². The minimum absolute atomic E-state index is 0.482. The minimum Gasteiger partial charge on any atom is -0.394 e. The molecule has 0 unspecified atom stereocenters. The quantitative estimate of drug-likeness (QED) is 0.322. The van der Waals surface area contributed by atoms with Crippen molar-refractivity contribution in [2.45, 2.75) is 90.1 Å². The molecule has 0 aliphatic carbocycles. The lowest BCUT2D eigenvalue weighted by Gasteiger charge is -2.37. The van der Waals surface area contributed by atoms with Gasteiger partial charge in [-0.25, -0.2) is 0 Å². The summed E-state index contributed by atoms with van der Waals surface area (Å²) in [6.45, 7) is 12.3. The molecule has 0 amide bonds. The van der Waals surface area contributed by atoms with Crippen LogP contribution in [-0.2, 0) is 8.85 Å². The number of hydrogen-bond acceptors (Lipinski definition) is 4. The Morgan fingerprint density at radius 2 is 0.957 bits per heavy atom. The first kappa shape index (κ1) is 23.1. The zero-order valence-electron chi connectivity index (χ0n) is 16.1. The predicted octanol–water partition coefficient (Wildman–Crippen LogP) is 4.32. The lowest BCUT2D eigenvalue weighted by atomic mass is 10.2. The van der Waals surface area contributed by atoms with Crippen LogP contribution >= 0.6 is 0 Å². The van der Waals surface area contributed by atoms with E-state index in [1.807, 2.05) is 0 Å². The van der Waals surface area contributed by atoms with Crippen molar-refractivity contribution in [3.05, 3.63) is 0 Å². The maximum absolute atomic E-state index is 6.43. The highest BCUT2D eigenvalue weighted by atomic mass is 28.4. The van der Waals surface area contributed by atoms with Crippen molar-refractivity contribution in [2.75, 3.05) is 26.3 Å². The van der Waals surface area contributed by atoms with Gasteiger partial charge in [-0.2, -0.15) is 0 Å². The smallest absolute Gasteiger partial charge is 0.343 e. The van der Waals surface area contributed by atoms with Gasteiger partial charge in [-0.15, -0.1) is 0 Å². The largest absolute Gasteiger partial charge is 0.394 e. The van der Waals surface area contributed by atoms with Crippen LogP contribution in [0.25, 0.3) is 0 Å². The Hall–Kier alpha value is 0.0569. The van der Waals surface area contributed by atoms with Crippen LogP contribution in [0.4, 0.5) is 0 Å². The Balaban J connectivity index is 4.24. The molecular weight excluding hydrogens is 304 g/mol. The molecule has 0 spiro atoms. The summed E-state index contributed by atoms with van der Waals surface area (Å²) < 4.78 is 12.9. The van der Waals surface area contributed by atoms with Gasteiger partial charge in [0, 0.05) is 13.2 Å². The zero-order chi connectivity index (χ0) is 17.6. The summed E-state index contributed by atoms with van der Waals surface area (Å²) in [7, 11) is -2.14. The van der Waals surface area contributed by atoms with Gasteiger partial charge in [0.15, 0.2) is 0 Å². The first-order valence-electron chi connectivity index (χ1n) is 9.69. The second-order valence-corrected chi connectivity index (χ2v) is 11.5. The molecule has 0 bridgehead atoms. The molecule has 0 radical (unpaired) electrons. The van der Waals surface area contributed by atoms with Crippen LogP contribution in [0.5, 0.6) is 0 Å². The number of rotatable bonds is 16. The SMILES string of the molecule is CC(C)[Si](OCCCCCCN)(OCCCCCCN)C(C)C. The molecule has 4 N–H and O–H groups in total. The van der Waals surface area contributed by atoms with Crippen molar-refractivity contribution in [1.82, 2.24) is 0 Å². The van der Waals surface area contributed by atoms with Gasteiger partial charge in [0.25, 0.3) is 0 Å². The van der Waals surface area contributed by atoms with E-state index in [1.54, 1.807) is 0 Å². The molecule has 0 aromatic rings. The first-order chi connectivity index (χ1) is 11.0. The third-order valence-electron chi connectivity index (χ3n) is 4.46. The van der Waals surface area contributed by atoms with Gasteiger partial charge in [-0.3, -0.25) is 0 Å². The Kier molecular flexibility index (Phi) is 14.4. The monoisotopic (exact) mass is 346 g/mol. The van der Waals surface area contributed by atoms with Crippen LogP contribution in [0.2, 0.25) is 11.1 Å². The van der Waals surface area contributed by atoms with Gasteiger partial charge in [0.05, 0.1) is 0 Å². The van der Waals surface area contributed by atoms with Crippen LogP contribution < -0.4 is 11.5 Å². The van der Waals surface area contributed by atoms with Gasteiger partial charge >= 0.3 is 8.56 Å². The summed E-state index contributed by atoms with van der Waals surface area (Å²) in [4.78, 5) is 0. The molecule has 5 heteroatoms. The van der Waals surface area contributed by atoms with Crippen LogP contribution in [0.15, 0.2) is 0 Å². The summed E-state index contributed by atoms with van der Waals surface area (Å²) in [5.74, 6) is 0. The predicted molar refractivity (Wildman–Crippen MR) is 103 cm³/mol. The highest BCUT2D eigenvalue weighted by Crippen LogP contribution is 2.35. The number of unbranched alkanes of at least 4 members (excludes halogenated alkanes) is 6. The van der Waals surface area contributed by atoms with Gasteiger partial charge in [0.1, 0.15) is 0 Å². The van der Waals surface area contributed by atoms with Crippen molar-refractivity contribution < 1.29 is 8.85 Å². The average Bonchev–Trinajstić information content (AvgIpc) is 2.51. The van der Waals surface area contributed by atoms with Gasteiger partial charge in [-0.05, 0) is 49.9 Å². The standard InChI is InChI=1S/C18H42N2O2Si/c1-17(2)23(18(3)4,21-15-11-7-5-9-13-19)22-16-12-8-6-10-14-20/h17-18H,5-16,19-20H2,1-4H3. The van der Waals surface area contributed by atoms with E-state index >= 15 is 0 Å². The average molecular weight is 347 g/mol. The minimum atomic E-state index is -2.14. The van der Waals surface area contributed by atoms with Gasteiger partial charge in [-0.1, -0.05) is 53.4 Å². The van der Waals surface area contributed by atoms with E-state index in [2.05, 4.69) is 27.7 Å². The lowest BCUT2D eigenvalue weighted by Crippen LogP contribution is -2.48. The summed E-state index contributed by atoms with van der Waals surface area (Å²) in [5, 5.41) is 0. The fourth-order valence-corrected chi connectivity index (χ4v) is 6.72. The molecule has 0 aliphatic rings. The van der Waals surface area contributed by atoms with E-state index in [0.717, 1.165) is 52.0 Å². The Morgan fingerprint density at radius 3 is 1.26 bits per heavy atom. The summed E-state index contributed by atoms with van der Waals surface area (Å²) in [6.07, 6.45) is 9.31. The number of hydrogen-bond donors (Lipinski definition) is 2. The molecule has 23 heavy (non-hydrogen) atoms. The first-order valence-corrected chi connectivity index (χ1v) is 11.7. The second kappa shape index (κ2) is 14.4. The van der Waals surface area contributed by atoms with E-state index < -0.39 is 8.56 Å². The summed E-state index contributed by atoms with van der Waals surface area (Å²) >= 11 is 0. The van der Waals surface area contributed by atoms with E-state index in [1.165, 1.54) is 25.7 Å². The maximum atomic E-state index is 6.43. The van der Waals surface area contributed by atoms with Crippen molar-refractivity contribution in [1.29, 1.82) is 0 Å². The van der Waals surface area contributed by atoms with Crippen molar-refractivity contribution >= 4 is 8.56 Å². The Morgan fingerprint density at radius 1 is 0.609 bits per heavy atom. The highest BCUT2D eigenvalue weighted by Gasteiger charge is 2.44. The van der Waals surface area contributed by atoms with Crippen LogP contribution in [-0.4, -0.2) is 34.9 Å². The summed E-state index contributed by atoms with van der Waals surface area (Å²) in [5.41, 5.74) is 12.0. The van der Waals surface area contributed by atoms with Gasteiger partial charge in [0.2, 0.25) is 0 Å². The van der Waals surface area contributed by atoms with E-state index in [0.29, 0.717) is 11.1 Å². The third kappa shape index (κ3) is 9.82. The molecule has 4 nitrogen and oxygen atoms in total. The molecule has 0 aliphatic heterocycles. The van der Waals surface area contributed by atoms with E-state index in [-0.39, 0.29) is 0 Å². The molecule has 0 saturated heterocycles. The molecule has 140 valence electrons. The zero-order valence-corrected chi connectivity index (χ0v) is 17.1. The molecule has 0 atom stereocenters. The van der Waals surface area contributed by atoms with E-state index in [4.69, 9.17) is 20.3 Å². The van der Waals surface area contributed by atoms with Crippen LogP contribution in [0.3, 0.4) is 0 Å². The summed E-state index contributed by atoms with van der Waals surface area (Å²) in [6, 6.07) is 0. The van der Waals surface area contributed by atoms with Crippen molar-refractivity contribution in [2.24, 2.45) is 11.5 Å². The Labute approximate surface area is 145 Å². The second-order valence-electron chi connectivity index (χ2n) is 7.13. The molecular formula is C18H42N2O2Si. The fraction of sp³-hybridized carbons (Fsp3) is 1.00. The normalized spacial score (nSPS) is 12.5. The van der Waals surface area contributed by atoms with E-state index in [9.17, 15) is 0 Å². The molecule has 0 fully saturated rings. The van der Waals surface area contributed by atoms with Gasteiger partial charge < -0.3 is 20.3 Å².